The zero-order chi connectivity index (χ0) is 33.3. The molecule has 5 atom stereocenters. The summed E-state index contributed by atoms with van der Waals surface area (Å²) >= 11 is 6.22. The second-order valence-electron chi connectivity index (χ2n) is 15.2. The molecule has 0 bridgehead atoms. The van der Waals surface area contributed by atoms with Crippen LogP contribution in [0.3, 0.4) is 0 Å². The van der Waals surface area contributed by atoms with Gasteiger partial charge >= 0.3 is 5.97 Å². The third-order valence-corrected chi connectivity index (χ3v) is 18.2. The Bertz CT molecular complexity index is 1120. The number of rotatable bonds is 17. The molecule has 1 saturated carbocycles. The molecule has 0 aromatic heterocycles. The molecule has 0 spiro atoms. The highest BCUT2D eigenvalue weighted by molar-refractivity contribution is 6.74. The second-order valence-corrected chi connectivity index (χ2v) is 24.9. The normalized spacial score (nSPS) is 22.2. The Hall–Kier alpha value is -1.65. The van der Waals surface area contributed by atoms with Crippen LogP contribution >= 0.6 is 11.6 Å². The quantitative estimate of drug-likeness (QED) is 0.0778. The molecule has 0 unspecified atom stereocenters. The van der Waals surface area contributed by atoms with E-state index in [2.05, 4.69) is 73.0 Å². The van der Waals surface area contributed by atoms with Crippen LogP contribution in [0.2, 0.25) is 41.3 Å². The third-order valence-electron chi connectivity index (χ3n) is 9.92. The molecule has 5 nitrogen and oxygen atoms in total. The maximum atomic E-state index is 12.9. The largest absolute Gasteiger partial charge is 0.493 e. The molecule has 248 valence electrons. The molecule has 1 aromatic rings. The van der Waals surface area contributed by atoms with Crippen LogP contribution in [-0.4, -0.2) is 46.2 Å². The van der Waals surface area contributed by atoms with Crippen molar-refractivity contribution in [1.29, 1.82) is 0 Å². The fraction of sp³-hybridized carbons (Fsp3) is 0.639. The van der Waals surface area contributed by atoms with Crippen molar-refractivity contribution in [3.8, 4) is 5.75 Å². The smallest absolute Gasteiger partial charge is 0.306 e. The molecule has 1 aromatic carbocycles. The molecule has 0 radical (unpaired) electrons. The molecule has 0 aliphatic heterocycles. The van der Waals surface area contributed by atoms with Crippen molar-refractivity contribution in [3.05, 3.63) is 66.8 Å². The van der Waals surface area contributed by atoms with Crippen molar-refractivity contribution in [3.63, 3.8) is 0 Å². The molecule has 2 rings (SSSR count). The van der Waals surface area contributed by atoms with Crippen LogP contribution < -0.4 is 4.74 Å². The van der Waals surface area contributed by atoms with Gasteiger partial charge in [-0.3, -0.25) is 4.79 Å². The third kappa shape index (κ3) is 11.3. The van der Waals surface area contributed by atoms with Gasteiger partial charge in [-0.15, -0.1) is 13.2 Å². The van der Waals surface area contributed by atoms with Gasteiger partial charge in [0.1, 0.15) is 11.9 Å². The summed E-state index contributed by atoms with van der Waals surface area (Å²) in [6, 6.07) is 7.46. The predicted molar refractivity (Wildman–Crippen MR) is 190 cm³/mol. The number of hydrogen-bond donors (Lipinski definition) is 1. The summed E-state index contributed by atoms with van der Waals surface area (Å²) in [7, 11) is -4.59. The molecule has 0 saturated heterocycles. The van der Waals surface area contributed by atoms with Gasteiger partial charge in [-0.1, -0.05) is 76.6 Å². The van der Waals surface area contributed by atoms with E-state index in [4.69, 9.17) is 25.5 Å². The van der Waals surface area contributed by atoms with E-state index in [1.807, 2.05) is 49.5 Å². The SMILES string of the molecule is C=CCCCC(=O)O[C@H]1C[C@@H](O[Si](C)(C)C(C)(C)C)[C@H](/C=C/[C@H](COc2cccc(Cl)c2)CC(C)(C)[Si](C)(C)O)[C@H]1CC=C. The first-order valence-corrected chi connectivity index (χ1v) is 22.4. The molecular formula is C36H59ClO5Si2. The van der Waals surface area contributed by atoms with Gasteiger partial charge in [-0.25, -0.2) is 0 Å². The fourth-order valence-corrected chi connectivity index (χ4v) is 7.73. The van der Waals surface area contributed by atoms with Crippen molar-refractivity contribution in [1.82, 2.24) is 0 Å². The zero-order valence-corrected chi connectivity index (χ0v) is 31.6. The topological polar surface area (TPSA) is 65.0 Å². The van der Waals surface area contributed by atoms with Crippen LogP contribution in [0.5, 0.6) is 5.75 Å². The van der Waals surface area contributed by atoms with Gasteiger partial charge in [0.2, 0.25) is 0 Å². The summed E-state index contributed by atoms with van der Waals surface area (Å²) in [5.41, 5.74) is 0. The Kier molecular flexibility index (Phi) is 14.2. The lowest BCUT2D eigenvalue weighted by Gasteiger charge is -2.40. The Morgan fingerprint density at radius 2 is 1.80 bits per heavy atom. The van der Waals surface area contributed by atoms with Crippen molar-refractivity contribution in [2.24, 2.45) is 17.8 Å². The van der Waals surface area contributed by atoms with Crippen LogP contribution in [0.25, 0.3) is 0 Å². The van der Waals surface area contributed by atoms with Crippen molar-refractivity contribution < 1.29 is 23.5 Å². The maximum absolute atomic E-state index is 12.9. The summed E-state index contributed by atoms with van der Waals surface area (Å²) < 4.78 is 19.5. The van der Waals surface area contributed by atoms with Crippen LogP contribution in [-0.2, 0) is 14.0 Å². The highest BCUT2D eigenvalue weighted by atomic mass is 35.5. The average Bonchev–Trinajstić information content (AvgIpc) is 3.19. The van der Waals surface area contributed by atoms with Crippen LogP contribution in [0.4, 0.5) is 0 Å². The van der Waals surface area contributed by atoms with Gasteiger partial charge in [0.15, 0.2) is 16.6 Å². The van der Waals surface area contributed by atoms with Crippen molar-refractivity contribution >= 4 is 34.2 Å². The van der Waals surface area contributed by atoms with Crippen molar-refractivity contribution in [2.75, 3.05) is 6.61 Å². The van der Waals surface area contributed by atoms with E-state index in [9.17, 15) is 9.59 Å². The van der Waals surface area contributed by atoms with E-state index < -0.39 is 16.6 Å². The zero-order valence-electron chi connectivity index (χ0n) is 28.8. The Morgan fingerprint density at radius 3 is 2.36 bits per heavy atom. The first-order valence-electron chi connectivity index (χ1n) is 16.2. The number of carbonyl (C=O) groups excluding carboxylic acids is 1. The standard InChI is InChI=1S/C36H59ClO5Si2/c1-12-14-15-20-34(38)41-32-24-33(42-44(10,11)35(3,4)5)31(30(32)17-13-2)22-21-27(25-36(6,7)43(8,9)39)26-40-29-19-16-18-28(37)23-29/h12-13,16,18-19,21-23,27,30-33,39H,1-2,14-15,17,20,24-26H2,3-11H3/b22-21+/t27-,30+,31+,32-,33+/m0/s1. The molecule has 1 N–H and O–H groups in total. The van der Waals surface area contributed by atoms with Gasteiger partial charge in [0.25, 0.3) is 0 Å². The summed E-state index contributed by atoms with van der Waals surface area (Å²) in [4.78, 5) is 24.0. The Morgan fingerprint density at radius 1 is 1.11 bits per heavy atom. The number of unbranched alkanes of at least 4 members (excludes halogenated alkanes) is 1. The number of benzene rings is 1. The number of halogens is 1. The number of allylic oxidation sites excluding steroid dienone is 2. The number of carbonyl (C=O) groups is 1. The molecule has 44 heavy (non-hydrogen) atoms. The first-order chi connectivity index (χ1) is 20.3. The van der Waals surface area contributed by atoms with Gasteiger partial charge in [0, 0.05) is 35.6 Å². The average molecular weight is 663 g/mol. The van der Waals surface area contributed by atoms with Gasteiger partial charge < -0.3 is 18.7 Å². The van der Waals surface area contributed by atoms with Crippen LogP contribution in [0.1, 0.15) is 73.1 Å². The predicted octanol–water partition coefficient (Wildman–Crippen LogP) is 10.1. The lowest BCUT2D eigenvalue weighted by Crippen LogP contribution is -2.45. The summed E-state index contributed by atoms with van der Waals surface area (Å²) in [6.07, 6.45) is 12.1. The Balaban J connectivity index is 2.45. The van der Waals surface area contributed by atoms with Crippen LogP contribution in [0.15, 0.2) is 61.7 Å². The van der Waals surface area contributed by atoms with Crippen LogP contribution in [0, 0.1) is 17.8 Å². The van der Waals surface area contributed by atoms with Gasteiger partial charge in [0.05, 0.1) is 12.7 Å². The molecule has 1 aliphatic rings. The molecule has 0 amide bonds. The molecule has 1 aliphatic carbocycles. The number of ether oxygens (including phenoxy) is 2. The molecule has 0 heterocycles. The fourth-order valence-electron chi connectivity index (χ4n) is 5.42. The molecule has 8 heteroatoms. The minimum absolute atomic E-state index is 0.0429. The summed E-state index contributed by atoms with van der Waals surface area (Å²) in [6.45, 7) is 27.9. The summed E-state index contributed by atoms with van der Waals surface area (Å²) in [5, 5.41) is 0.438. The van der Waals surface area contributed by atoms with Gasteiger partial charge in [-0.2, -0.15) is 0 Å². The maximum Gasteiger partial charge on any atom is 0.306 e. The highest BCUT2D eigenvalue weighted by Gasteiger charge is 2.48. The molecule has 1 fully saturated rings. The van der Waals surface area contributed by atoms with E-state index in [1.54, 1.807) is 0 Å². The lowest BCUT2D eigenvalue weighted by atomic mass is 9.88. The minimum Gasteiger partial charge on any atom is -0.493 e. The number of esters is 1. The van der Waals surface area contributed by atoms with Gasteiger partial charge in [-0.05, 0) is 80.1 Å². The van der Waals surface area contributed by atoms with E-state index >= 15 is 0 Å². The lowest BCUT2D eigenvalue weighted by molar-refractivity contribution is -0.151. The monoisotopic (exact) mass is 662 g/mol. The summed E-state index contributed by atoms with van der Waals surface area (Å²) in [5.74, 6) is 0.715. The number of hydrogen-bond acceptors (Lipinski definition) is 5. The van der Waals surface area contributed by atoms with E-state index in [0.29, 0.717) is 24.5 Å². The highest BCUT2D eigenvalue weighted by Crippen LogP contribution is 2.46. The first kappa shape index (κ1) is 38.5. The van der Waals surface area contributed by atoms with E-state index in [0.717, 1.165) is 31.4 Å². The van der Waals surface area contributed by atoms with Crippen molar-refractivity contribution in [2.45, 2.75) is 122 Å². The molecular weight excluding hydrogens is 604 g/mol. The Labute approximate surface area is 275 Å². The second kappa shape index (κ2) is 16.3. The minimum atomic E-state index is -2.47. The van der Waals surface area contributed by atoms with E-state index in [1.165, 1.54) is 0 Å². The van der Waals surface area contributed by atoms with E-state index in [-0.39, 0.29) is 46.0 Å².